The van der Waals surface area contributed by atoms with Crippen molar-refractivity contribution in [2.24, 2.45) is 0 Å². The number of rotatable bonds is 3. The standard InChI is InChI=1S/C8H10ClN3/c1-2-3-11-8-7(9)4-6(10)5-12-8/h2,4-5H,1,3,10H2,(H,11,12). The summed E-state index contributed by atoms with van der Waals surface area (Å²) in [6.45, 7) is 4.20. The van der Waals surface area contributed by atoms with Crippen LogP contribution in [0.2, 0.25) is 5.02 Å². The van der Waals surface area contributed by atoms with Gasteiger partial charge in [0.2, 0.25) is 0 Å². The minimum absolute atomic E-state index is 0.525. The molecule has 0 aromatic carbocycles. The predicted octanol–water partition coefficient (Wildman–Crippen LogP) is 1.92. The van der Waals surface area contributed by atoms with Crippen LogP contribution in [0, 0.1) is 0 Å². The summed E-state index contributed by atoms with van der Waals surface area (Å²) in [6.07, 6.45) is 3.28. The number of hydrogen-bond donors (Lipinski definition) is 2. The van der Waals surface area contributed by atoms with Gasteiger partial charge in [0.05, 0.1) is 16.9 Å². The van der Waals surface area contributed by atoms with Crippen molar-refractivity contribution in [1.29, 1.82) is 0 Å². The van der Waals surface area contributed by atoms with E-state index in [9.17, 15) is 0 Å². The van der Waals surface area contributed by atoms with Crippen LogP contribution in [-0.2, 0) is 0 Å². The van der Waals surface area contributed by atoms with E-state index in [2.05, 4.69) is 16.9 Å². The third kappa shape index (κ3) is 2.13. The quantitative estimate of drug-likeness (QED) is 0.704. The zero-order chi connectivity index (χ0) is 8.97. The Morgan fingerprint density at radius 3 is 3.08 bits per heavy atom. The van der Waals surface area contributed by atoms with Crippen molar-refractivity contribution in [2.45, 2.75) is 0 Å². The number of anilines is 2. The van der Waals surface area contributed by atoms with Gasteiger partial charge in [-0.3, -0.25) is 0 Å². The molecule has 0 aliphatic heterocycles. The van der Waals surface area contributed by atoms with Crippen LogP contribution in [0.4, 0.5) is 11.5 Å². The molecule has 1 rings (SSSR count). The molecule has 4 heteroatoms. The number of halogens is 1. The molecule has 1 heterocycles. The summed E-state index contributed by atoms with van der Waals surface area (Å²) in [6, 6.07) is 1.65. The summed E-state index contributed by atoms with van der Waals surface area (Å²) < 4.78 is 0. The number of hydrogen-bond acceptors (Lipinski definition) is 3. The summed E-state index contributed by atoms with van der Waals surface area (Å²) >= 11 is 5.83. The first kappa shape index (κ1) is 8.87. The van der Waals surface area contributed by atoms with Crippen molar-refractivity contribution in [3.63, 3.8) is 0 Å². The van der Waals surface area contributed by atoms with Crippen LogP contribution in [-0.4, -0.2) is 11.5 Å². The summed E-state index contributed by atoms with van der Waals surface area (Å²) in [5.41, 5.74) is 6.02. The first-order valence-electron chi connectivity index (χ1n) is 3.50. The van der Waals surface area contributed by atoms with Gasteiger partial charge in [0.25, 0.3) is 0 Å². The van der Waals surface area contributed by atoms with Crippen LogP contribution < -0.4 is 11.1 Å². The monoisotopic (exact) mass is 183 g/mol. The van der Waals surface area contributed by atoms with Gasteiger partial charge in [-0.1, -0.05) is 17.7 Å². The number of nitrogens with two attached hydrogens (primary N) is 1. The molecule has 0 fully saturated rings. The highest BCUT2D eigenvalue weighted by Crippen LogP contribution is 2.20. The average molecular weight is 184 g/mol. The largest absolute Gasteiger partial charge is 0.397 e. The molecular weight excluding hydrogens is 174 g/mol. The first-order chi connectivity index (χ1) is 5.74. The molecule has 0 bridgehead atoms. The average Bonchev–Trinajstić information content (AvgIpc) is 2.03. The normalized spacial score (nSPS) is 9.42. The van der Waals surface area contributed by atoms with Gasteiger partial charge >= 0.3 is 0 Å². The highest BCUT2D eigenvalue weighted by Gasteiger charge is 1.99. The van der Waals surface area contributed by atoms with E-state index in [-0.39, 0.29) is 0 Å². The van der Waals surface area contributed by atoms with Gasteiger partial charge in [-0.05, 0) is 6.07 Å². The number of nitrogen functional groups attached to an aromatic ring is 1. The molecule has 0 saturated carbocycles. The summed E-state index contributed by atoms with van der Waals surface area (Å²) in [5, 5.41) is 3.50. The van der Waals surface area contributed by atoms with Gasteiger partial charge in [0.15, 0.2) is 0 Å². The predicted molar refractivity (Wildman–Crippen MR) is 52.3 cm³/mol. The molecule has 12 heavy (non-hydrogen) atoms. The van der Waals surface area contributed by atoms with Gasteiger partial charge < -0.3 is 11.1 Å². The lowest BCUT2D eigenvalue weighted by Crippen LogP contribution is -2.01. The molecule has 0 saturated heterocycles. The van der Waals surface area contributed by atoms with Crippen molar-refractivity contribution in [3.05, 3.63) is 29.9 Å². The van der Waals surface area contributed by atoms with Crippen molar-refractivity contribution in [2.75, 3.05) is 17.6 Å². The maximum absolute atomic E-state index is 5.83. The minimum atomic E-state index is 0.525. The van der Waals surface area contributed by atoms with Crippen molar-refractivity contribution in [1.82, 2.24) is 4.98 Å². The van der Waals surface area contributed by atoms with Gasteiger partial charge in [0.1, 0.15) is 5.82 Å². The van der Waals surface area contributed by atoms with E-state index in [0.29, 0.717) is 23.1 Å². The molecule has 0 amide bonds. The molecule has 0 atom stereocenters. The van der Waals surface area contributed by atoms with E-state index in [4.69, 9.17) is 17.3 Å². The third-order valence-electron chi connectivity index (χ3n) is 1.28. The van der Waals surface area contributed by atoms with E-state index in [1.807, 2.05) is 0 Å². The minimum Gasteiger partial charge on any atom is -0.397 e. The molecule has 3 N–H and O–H groups in total. The second kappa shape index (κ2) is 3.97. The molecule has 64 valence electrons. The van der Waals surface area contributed by atoms with Crippen molar-refractivity contribution >= 4 is 23.1 Å². The Kier molecular flexibility index (Phi) is 2.94. The number of pyridine rings is 1. The Hall–Kier alpha value is -1.22. The van der Waals surface area contributed by atoms with Crippen LogP contribution in [0.3, 0.4) is 0 Å². The van der Waals surface area contributed by atoms with Crippen LogP contribution in [0.5, 0.6) is 0 Å². The fraction of sp³-hybridized carbons (Fsp3) is 0.125. The molecule has 0 aliphatic carbocycles. The van der Waals surface area contributed by atoms with E-state index in [1.165, 1.54) is 0 Å². The molecule has 0 unspecified atom stereocenters. The summed E-state index contributed by atoms with van der Waals surface area (Å²) in [4.78, 5) is 4.00. The summed E-state index contributed by atoms with van der Waals surface area (Å²) in [5.74, 6) is 0.630. The molecule has 3 nitrogen and oxygen atoms in total. The van der Waals surface area contributed by atoms with E-state index in [0.717, 1.165) is 0 Å². The fourth-order valence-corrected chi connectivity index (χ4v) is 0.993. The number of nitrogens with zero attached hydrogens (tertiary/aromatic N) is 1. The van der Waals surface area contributed by atoms with Crippen molar-refractivity contribution < 1.29 is 0 Å². The van der Waals surface area contributed by atoms with E-state index in [1.54, 1.807) is 18.3 Å². The van der Waals surface area contributed by atoms with Crippen LogP contribution in [0.15, 0.2) is 24.9 Å². The topological polar surface area (TPSA) is 50.9 Å². The zero-order valence-corrected chi connectivity index (χ0v) is 7.30. The number of nitrogens with one attached hydrogen (secondary N) is 1. The highest BCUT2D eigenvalue weighted by atomic mass is 35.5. The Labute approximate surface area is 76.2 Å². The maximum atomic E-state index is 5.83. The van der Waals surface area contributed by atoms with E-state index >= 15 is 0 Å². The van der Waals surface area contributed by atoms with Gasteiger partial charge in [-0.2, -0.15) is 0 Å². The molecule has 1 aromatic rings. The highest BCUT2D eigenvalue weighted by molar-refractivity contribution is 6.33. The van der Waals surface area contributed by atoms with E-state index < -0.39 is 0 Å². The van der Waals surface area contributed by atoms with Crippen LogP contribution in [0.25, 0.3) is 0 Å². The van der Waals surface area contributed by atoms with Crippen molar-refractivity contribution in [3.8, 4) is 0 Å². The van der Waals surface area contributed by atoms with Crippen LogP contribution >= 0.6 is 11.6 Å². The van der Waals surface area contributed by atoms with Gasteiger partial charge in [-0.15, -0.1) is 6.58 Å². The van der Waals surface area contributed by atoms with Gasteiger partial charge in [0, 0.05) is 6.54 Å². The number of aromatic nitrogens is 1. The fourth-order valence-electron chi connectivity index (χ4n) is 0.752. The second-order valence-corrected chi connectivity index (χ2v) is 2.68. The lowest BCUT2D eigenvalue weighted by molar-refractivity contribution is 1.23. The Bertz CT molecular complexity index is 286. The maximum Gasteiger partial charge on any atom is 0.145 e. The molecule has 0 radical (unpaired) electrons. The Morgan fingerprint density at radius 2 is 2.50 bits per heavy atom. The summed E-state index contributed by atoms with van der Waals surface area (Å²) in [7, 11) is 0. The van der Waals surface area contributed by atoms with Gasteiger partial charge in [-0.25, -0.2) is 4.98 Å². The zero-order valence-electron chi connectivity index (χ0n) is 6.55. The Balaban J connectivity index is 2.78. The lowest BCUT2D eigenvalue weighted by atomic mass is 10.4. The Morgan fingerprint density at radius 1 is 1.75 bits per heavy atom. The first-order valence-corrected chi connectivity index (χ1v) is 3.87. The SMILES string of the molecule is C=CCNc1ncc(N)cc1Cl. The molecule has 0 aliphatic rings. The molecular formula is C8H10ClN3. The molecule has 1 aromatic heterocycles. The lowest BCUT2D eigenvalue weighted by Gasteiger charge is -2.04. The second-order valence-electron chi connectivity index (χ2n) is 2.27. The molecule has 0 spiro atoms. The smallest absolute Gasteiger partial charge is 0.145 e. The van der Waals surface area contributed by atoms with Crippen LogP contribution in [0.1, 0.15) is 0 Å². The third-order valence-corrected chi connectivity index (χ3v) is 1.56.